The predicted octanol–water partition coefficient (Wildman–Crippen LogP) is 3.01. The predicted molar refractivity (Wildman–Crippen MR) is 71.7 cm³/mol. The molecule has 1 aromatic rings. The van der Waals surface area contributed by atoms with Gasteiger partial charge in [0.05, 0.1) is 5.56 Å². The fourth-order valence-electron chi connectivity index (χ4n) is 2.42. The van der Waals surface area contributed by atoms with E-state index in [1.165, 1.54) is 12.8 Å². The van der Waals surface area contributed by atoms with E-state index in [1.807, 2.05) is 12.1 Å². The first kappa shape index (κ1) is 13.1. The van der Waals surface area contributed by atoms with Crippen LogP contribution in [0.2, 0.25) is 0 Å². The van der Waals surface area contributed by atoms with Gasteiger partial charge >= 0.3 is 5.97 Å². The van der Waals surface area contributed by atoms with Crippen LogP contribution < -0.4 is 0 Å². The second kappa shape index (κ2) is 5.11. The summed E-state index contributed by atoms with van der Waals surface area (Å²) in [6, 6.07) is 7.30. The highest BCUT2D eigenvalue weighted by atomic mass is 16.4. The van der Waals surface area contributed by atoms with Crippen LogP contribution in [0.4, 0.5) is 0 Å². The summed E-state index contributed by atoms with van der Waals surface area (Å²) < 4.78 is 0. The number of nitrogens with zero attached hydrogens (tertiary/aromatic N) is 1. The highest BCUT2D eigenvalue weighted by molar-refractivity contribution is 5.89. The van der Waals surface area contributed by atoms with Crippen LogP contribution in [0.15, 0.2) is 24.3 Å². The third kappa shape index (κ3) is 3.10. The van der Waals surface area contributed by atoms with Gasteiger partial charge in [0.1, 0.15) is 0 Å². The molecular weight excluding hydrogens is 226 g/mol. The standard InChI is InChI=1S/C15H21NO2/c1-15(2)7-9-16(10-8-15)11-12-5-3-4-6-13(12)14(17)18/h3-6H,7-11H2,1-2H3,(H,17,18). The van der Waals surface area contributed by atoms with Crippen LogP contribution in [0.25, 0.3) is 0 Å². The second-order valence-electron chi connectivity index (χ2n) is 5.90. The number of rotatable bonds is 3. The Hall–Kier alpha value is -1.35. The Kier molecular flexibility index (Phi) is 3.71. The molecule has 98 valence electrons. The summed E-state index contributed by atoms with van der Waals surface area (Å²) in [6.07, 6.45) is 2.37. The number of hydrogen-bond donors (Lipinski definition) is 1. The lowest BCUT2D eigenvalue weighted by Gasteiger charge is -2.37. The summed E-state index contributed by atoms with van der Waals surface area (Å²) in [5.41, 5.74) is 1.79. The normalized spacial score (nSPS) is 19.7. The van der Waals surface area contributed by atoms with Crippen LogP contribution in [0.1, 0.15) is 42.6 Å². The molecule has 3 nitrogen and oxygen atoms in total. The maximum absolute atomic E-state index is 11.1. The Labute approximate surface area is 108 Å². The molecule has 1 N–H and O–H groups in total. The molecule has 0 saturated carbocycles. The van der Waals surface area contributed by atoms with Crippen molar-refractivity contribution in [2.24, 2.45) is 5.41 Å². The highest BCUT2D eigenvalue weighted by Gasteiger charge is 2.25. The molecule has 0 aliphatic carbocycles. The lowest BCUT2D eigenvalue weighted by molar-refractivity contribution is 0.0692. The molecule has 0 aromatic heterocycles. The molecule has 0 amide bonds. The summed E-state index contributed by atoms with van der Waals surface area (Å²) in [4.78, 5) is 13.5. The molecular formula is C15H21NO2. The van der Waals surface area contributed by atoms with E-state index in [-0.39, 0.29) is 0 Å². The fraction of sp³-hybridized carbons (Fsp3) is 0.533. The number of hydrogen-bond acceptors (Lipinski definition) is 2. The van der Waals surface area contributed by atoms with Crippen LogP contribution in [0, 0.1) is 5.41 Å². The van der Waals surface area contributed by atoms with Crippen molar-refractivity contribution in [3.8, 4) is 0 Å². The monoisotopic (exact) mass is 247 g/mol. The van der Waals surface area contributed by atoms with E-state index < -0.39 is 5.97 Å². The zero-order chi connectivity index (χ0) is 13.2. The number of piperidine rings is 1. The molecule has 18 heavy (non-hydrogen) atoms. The summed E-state index contributed by atoms with van der Waals surface area (Å²) in [7, 11) is 0. The van der Waals surface area contributed by atoms with Crippen LogP contribution in [0.5, 0.6) is 0 Å². The Balaban J connectivity index is 2.04. The number of carboxylic acid groups (broad SMARTS) is 1. The van der Waals surface area contributed by atoms with Gasteiger partial charge < -0.3 is 5.11 Å². The van der Waals surface area contributed by atoms with Crippen molar-refractivity contribution in [1.29, 1.82) is 0 Å². The first-order valence-corrected chi connectivity index (χ1v) is 6.51. The second-order valence-corrected chi connectivity index (χ2v) is 5.90. The molecule has 0 atom stereocenters. The van der Waals surface area contributed by atoms with Crippen molar-refractivity contribution >= 4 is 5.97 Å². The Bertz CT molecular complexity index is 430. The van der Waals surface area contributed by atoms with Gasteiger partial charge in [0.25, 0.3) is 0 Å². The van der Waals surface area contributed by atoms with Crippen molar-refractivity contribution in [3.05, 3.63) is 35.4 Å². The topological polar surface area (TPSA) is 40.5 Å². The highest BCUT2D eigenvalue weighted by Crippen LogP contribution is 2.30. The minimum atomic E-state index is -0.831. The van der Waals surface area contributed by atoms with Gasteiger partial charge in [0.2, 0.25) is 0 Å². The van der Waals surface area contributed by atoms with Crippen LogP contribution in [0.3, 0.4) is 0 Å². The summed E-state index contributed by atoms with van der Waals surface area (Å²) in [5, 5.41) is 9.16. The number of carboxylic acids is 1. The van der Waals surface area contributed by atoms with Gasteiger partial charge in [-0.25, -0.2) is 4.79 Å². The lowest BCUT2D eigenvalue weighted by Crippen LogP contribution is -2.37. The lowest BCUT2D eigenvalue weighted by atomic mass is 9.82. The van der Waals surface area contributed by atoms with E-state index in [1.54, 1.807) is 12.1 Å². The Morgan fingerprint density at radius 3 is 2.50 bits per heavy atom. The van der Waals surface area contributed by atoms with E-state index in [4.69, 9.17) is 5.11 Å². The third-order valence-corrected chi connectivity index (χ3v) is 3.85. The summed E-state index contributed by atoms with van der Waals surface area (Å²) in [6.45, 7) is 7.46. The molecule has 0 unspecified atom stereocenters. The van der Waals surface area contributed by atoms with Gasteiger partial charge in [-0.05, 0) is 43.0 Å². The van der Waals surface area contributed by atoms with Crippen LogP contribution in [-0.4, -0.2) is 29.1 Å². The SMILES string of the molecule is CC1(C)CCN(Cc2ccccc2C(=O)O)CC1. The zero-order valence-corrected chi connectivity index (χ0v) is 11.1. The van der Waals surface area contributed by atoms with Crippen LogP contribution in [-0.2, 0) is 6.54 Å². The Morgan fingerprint density at radius 2 is 1.89 bits per heavy atom. The third-order valence-electron chi connectivity index (χ3n) is 3.85. The number of likely N-dealkylation sites (tertiary alicyclic amines) is 1. The zero-order valence-electron chi connectivity index (χ0n) is 11.1. The van der Waals surface area contributed by atoms with Gasteiger partial charge in [-0.15, -0.1) is 0 Å². The number of aromatic carboxylic acids is 1. The summed E-state index contributed by atoms with van der Waals surface area (Å²) in [5.74, 6) is -0.831. The molecule has 1 heterocycles. The van der Waals surface area contributed by atoms with Crippen molar-refractivity contribution in [2.45, 2.75) is 33.2 Å². The molecule has 2 rings (SSSR count). The smallest absolute Gasteiger partial charge is 0.336 e. The quantitative estimate of drug-likeness (QED) is 0.892. The van der Waals surface area contributed by atoms with Crippen molar-refractivity contribution in [3.63, 3.8) is 0 Å². The number of carbonyl (C=O) groups is 1. The largest absolute Gasteiger partial charge is 0.478 e. The molecule has 1 fully saturated rings. The first-order chi connectivity index (χ1) is 8.48. The maximum atomic E-state index is 11.1. The molecule has 1 aliphatic heterocycles. The van der Waals surface area contributed by atoms with Crippen molar-refractivity contribution in [2.75, 3.05) is 13.1 Å². The maximum Gasteiger partial charge on any atom is 0.336 e. The molecule has 0 spiro atoms. The number of benzene rings is 1. The van der Waals surface area contributed by atoms with E-state index in [0.717, 1.165) is 25.2 Å². The fourth-order valence-corrected chi connectivity index (χ4v) is 2.42. The molecule has 1 saturated heterocycles. The van der Waals surface area contributed by atoms with Crippen molar-refractivity contribution in [1.82, 2.24) is 4.90 Å². The first-order valence-electron chi connectivity index (χ1n) is 6.51. The van der Waals surface area contributed by atoms with E-state index in [9.17, 15) is 4.79 Å². The van der Waals surface area contributed by atoms with Gasteiger partial charge in [-0.1, -0.05) is 32.0 Å². The van der Waals surface area contributed by atoms with Crippen LogP contribution >= 0.6 is 0 Å². The average Bonchev–Trinajstić information content (AvgIpc) is 2.32. The minimum Gasteiger partial charge on any atom is -0.478 e. The summed E-state index contributed by atoms with van der Waals surface area (Å²) >= 11 is 0. The molecule has 3 heteroatoms. The van der Waals surface area contributed by atoms with E-state index >= 15 is 0 Å². The molecule has 1 aromatic carbocycles. The van der Waals surface area contributed by atoms with Gasteiger partial charge in [-0.2, -0.15) is 0 Å². The van der Waals surface area contributed by atoms with Gasteiger partial charge in [0.15, 0.2) is 0 Å². The minimum absolute atomic E-state index is 0.433. The van der Waals surface area contributed by atoms with Crippen molar-refractivity contribution < 1.29 is 9.90 Å². The van der Waals surface area contributed by atoms with Gasteiger partial charge in [-0.3, -0.25) is 4.90 Å². The molecule has 0 radical (unpaired) electrons. The Morgan fingerprint density at radius 1 is 1.28 bits per heavy atom. The van der Waals surface area contributed by atoms with E-state index in [0.29, 0.717) is 11.0 Å². The molecule has 0 bridgehead atoms. The van der Waals surface area contributed by atoms with Gasteiger partial charge in [0, 0.05) is 6.54 Å². The average molecular weight is 247 g/mol. The molecule has 1 aliphatic rings. The van der Waals surface area contributed by atoms with E-state index in [2.05, 4.69) is 18.7 Å².